The summed E-state index contributed by atoms with van der Waals surface area (Å²) in [6, 6.07) is 20.8. The Morgan fingerprint density at radius 2 is 1.62 bits per heavy atom. The Bertz CT molecular complexity index is 1630. The Morgan fingerprint density at radius 1 is 0.936 bits per heavy atom. The molecule has 14 nitrogen and oxygen atoms in total. The maximum absolute atomic E-state index is 11.4. The molecule has 0 radical (unpaired) electrons. The number of anilines is 2. The molecule has 4 aromatic rings. The van der Waals surface area contributed by atoms with Gasteiger partial charge in [0.2, 0.25) is 5.95 Å². The van der Waals surface area contributed by atoms with Gasteiger partial charge in [-0.2, -0.15) is 9.97 Å². The van der Waals surface area contributed by atoms with Gasteiger partial charge in [-0.3, -0.25) is 9.47 Å². The van der Waals surface area contributed by atoms with Crippen molar-refractivity contribution < 1.29 is 30.0 Å². The van der Waals surface area contributed by atoms with Crippen LogP contribution in [0.4, 0.5) is 16.6 Å². The van der Waals surface area contributed by atoms with Crippen molar-refractivity contribution in [3.8, 4) is 0 Å². The number of amides is 1. The maximum Gasteiger partial charge on any atom is 0.407 e. The monoisotopic (exact) mass is 644 g/mol. The number of nitrogens with one attached hydrogen (secondary N) is 1. The number of fused-ring (bicyclic) bond motifs is 1. The molecule has 3 aliphatic rings. The second kappa shape index (κ2) is 13.4. The van der Waals surface area contributed by atoms with E-state index in [0.29, 0.717) is 68.7 Å². The summed E-state index contributed by atoms with van der Waals surface area (Å²) in [6.07, 6.45) is -2.97. The van der Waals surface area contributed by atoms with Crippen LogP contribution in [0.3, 0.4) is 0 Å². The van der Waals surface area contributed by atoms with Gasteiger partial charge in [-0.15, -0.1) is 0 Å². The summed E-state index contributed by atoms with van der Waals surface area (Å²) < 4.78 is 7.45. The zero-order chi connectivity index (χ0) is 32.5. The van der Waals surface area contributed by atoms with Gasteiger partial charge < -0.3 is 40.3 Å². The Labute approximate surface area is 271 Å². The summed E-state index contributed by atoms with van der Waals surface area (Å²) in [5.41, 5.74) is 3.23. The molecule has 248 valence electrons. The van der Waals surface area contributed by atoms with Gasteiger partial charge in [0, 0.05) is 57.8 Å². The van der Waals surface area contributed by atoms with Crippen molar-refractivity contribution in [2.24, 2.45) is 0 Å². The number of benzene rings is 2. The predicted octanol–water partition coefficient (Wildman–Crippen LogP) is 1.56. The normalized spacial score (nSPS) is 25.2. The molecule has 14 heteroatoms. The van der Waals surface area contributed by atoms with Gasteiger partial charge in [-0.05, 0) is 17.5 Å². The third-order valence-electron chi connectivity index (χ3n) is 9.63. The summed E-state index contributed by atoms with van der Waals surface area (Å²) in [4.78, 5) is 31.9. The average Bonchev–Trinajstić information content (AvgIpc) is 3.84. The Kier molecular flexibility index (Phi) is 8.92. The number of aliphatic hydroxyl groups is 3. The number of hydrogen-bond acceptors (Lipinski definition) is 11. The number of aliphatic hydroxyl groups excluding tert-OH is 3. The fourth-order valence-electron chi connectivity index (χ4n) is 6.96. The quantitative estimate of drug-likeness (QED) is 0.178. The first-order chi connectivity index (χ1) is 22.9. The van der Waals surface area contributed by atoms with Crippen molar-refractivity contribution in [3.63, 3.8) is 0 Å². The van der Waals surface area contributed by atoms with E-state index < -0.39 is 37.2 Å². The summed E-state index contributed by atoms with van der Waals surface area (Å²) in [5, 5.41) is 44.0. The number of ether oxygens (including phenoxy) is 1. The van der Waals surface area contributed by atoms with Crippen LogP contribution in [0.15, 0.2) is 67.0 Å². The molecular weight excluding hydrogens is 604 g/mol. The highest BCUT2D eigenvalue weighted by molar-refractivity contribution is 5.84. The third-order valence-corrected chi connectivity index (χ3v) is 9.63. The highest BCUT2D eigenvalue weighted by Gasteiger charge is 2.44. The van der Waals surface area contributed by atoms with E-state index in [4.69, 9.17) is 14.7 Å². The minimum Gasteiger partial charge on any atom is -0.465 e. The largest absolute Gasteiger partial charge is 0.465 e. The van der Waals surface area contributed by atoms with Crippen LogP contribution in [-0.4, -0.2) is 133 Å². The number of hydrogen-bond donors (Lipinski definition) is 5. The lowest BCUT2D eigenvalue weighted by Crippen LogP contribution is -2.52. The molecule has 2 aromatic heterocycles. The van der Waals surface area contributed by atoms with E-state index in [1.54, 1.807) is 4.57 Å². The van der Waals surface area contributed by atoms with Gasteiger partial charge in [-0.25, -0.2) is 9.78 Å². The maximum atomic E-state index is 11.4. The first-order valence-corrected chi connectivity index (χ1v) is 16.1. The SMILES string of the molecule is O=C(O)N1CCN(C2CCN(c3nc(NCC(c4ccccc4)c4ccccc4)c4ncn([C@@H]5O[C@H](CO)[C@@H](O)[C@H]5O)c4n3)C2)CC1. The van der Waals surface area contributed by atoms with Gasteiger partial charge in [0.1, 0.15) is 18.3 Å². The van der Waals surface area contributed by atoms with Gasteiger partial charge >= 0.3 is 6.09 Å². The molecule has 5 N–H and O–H groups in total. The van der Waals surface area contributed by atoms with Crippen LogP contribution in [0.1, 0.15) is 29.7 Å². The zero-order valence-electron chi connectivity index (χ0n) is 25.9. The number of carbonyl (C=O) groups is 1. The molecule has 3 aliphatic heterocycles. The number of nitrogens with zero attached hydrogens (tertiary/aromatic N) is 7. The molecule has 0 bridgehead atoms. The Morgan fingerprint density at radius 3 is 2.23 bits per heavy atom. The molecule has 3 saturated heterocycles. The topological polar surface area (TPSA) is 173 Å². The van der Waals surface area contributed by atoms with Crippen LogP contribution >= 0.6 is 0 Å². The van der Waals surface area contributed by atoms with Gasteiger partial charge in [0.15, 0.2) is 23.2 Å². The number of piperazine rings is 1. The lowest BCUT2D eigenvalue weighted by Gasteiger charge is -2.36. The highest BCUT2D eigenvalue weighted by atomic mass is 16.6. The number of carboxylic acid groups (broad SMARTS) is 1. The molecule has 2 aromatic carbocycles. The molecule has 1 unspecified atom stereocenters. The minimum absolute atomic E-state index is 0.0223. The first-order valence-electron chi connectivity index (χ1n) is 16.1. The Balaban J connectivity index is 1.20. The van der Waals surface area contributed by atoms with Crippen molar-refractivity contribution in [1.29, 1.82) is 0 Å². The van der Waals surface area contributed by atoms with E-state index in [-0.39, 0.29) is 12.0 Å². The molecule has 7 rings (SSSR count). The van der Waals surface area contributed by atoms with Crippen LogP contribution < -0.4 is 10.2 Å². The summed E-state index contributed by atoms with van der Waals surface area (Å²) in [6.45, 7) is 3.79. The number of rotatable bonds is 9. The molecule has 47 heavy (non-hydrogen) atoms. The molecule has 5 atom stereocenters. The number of aromatic nitrogens is 4. The standard InChI is InChI=1S/C33H40N8O6/c42-19-25-27(43)28(44)31(47-25)41-20-35-26-29(34-17-24(21-7-3-1-4-8-21)22-9-5-2-6-10-22)36-32(37-30(26)41)40-12-11-23(18-40)38-13-15-39(16-14-38)33(45)46/h1-10,20,23-25,27-28,31,42-44H,11-19H2,(H,45,46)(H,34,36,37)/t23?,25-,27-,28-,31-/m1/s1. The first kappa shape index (κ1) is 31.3. The van der Waals surface area contributed by atoms with Crippen molar-refractivity contribution in [2.75, 3.05) is 62.6 Å². The molecule has 1 amide bonds. The molecule has 5 heterocycles. The van der Waals surface area contributed by atoms with E-state index in [9.17, 15) is 25.2 Å². The van der Waals surface area contributed by atoms with E-state index in [2.05, 4.69) is 44.4 Å². The number of imidazole rings is 1. The summed E-state index contributed by atoms with van der Waals surface area (Å²) >= 11 is 0. The average molecular weight is 645 g/mol. The second-order valence-electron chi connectivity index (χ2n) is 12.4. The van der Waals surface area contributed by atoms with Gasteiger partial charge in [0.05, 0.1) is 12.9 Å². The van der Waals surface area contributed by atoms with E-state index >= 15 is 0 Å². The highest BCUT2D eigenvalue weighted by Crippen LogP contribution is 2.34. The van der Waals surface area contributed by atoms with E-state index in [1.165, 1.54) is 11.2 Å². The van der Waals surface area contributed by atoms with Gasteiger partial charge in [-0.1, -0.05) is 60.7 Å². The molecular formula is C33H40N8O6. The van der Waals surface area contributed by atoms with Crippen molar-refractivity contribution in [1.82, 2.24) is 29.3 Å². The van der Waals surface area contributed by atoms with Crippen LogP contribution in [-0.2, 0) is 4.74 Å². The predicted molar refractivity (Wildman–Crippen MR) is 173 cm³/mol. The fraction of sp³-hybridized carbons (Fsp3) is 0.455. The van der Waals surface area contributed by atoms with Crippen LogP contribution in [0.5, 0.6) is 0 Å². The summed E-state index contributed by atoms with van der Waals surface area (Å²) in [5.74, 6) is 1.05. The molecule has 0 saturated carbocycles. The zero-order valence-corrected chi connectivity index (χ0v) is 25.9. The fourth-order valence-corrected chi connectivity index (χ4v) is 6.96. The molecule has 0 aliphatic carbocycles. The van der Waals surface area contributed by atoms with Crippen molar-refractivity contribution in [3.05, 3.63) is 78.1 Å². The van der Waals surface area contributed by atoms with Crippen molar-refractivity contribution >= 4 is 29.0 Å². The van der Waals surface area contributed by atoms with E-state index in [1.807, 2.05) is 36.4 Å². The lowest BCUT2D eigenvalue weighted by molar-refractivity contribution is -0.0511. The smallest absolute Gasteiger partial charge is 0.407 e. The van der Waals surface area contributed by atoms with E-state index in [0.717, 1.165) is 17.5 Å². The van der Waals surface area contributed by atoms with Crippen LogP contribution in [0.25, 0.3) is 11.2 Å². The minimum atomic E-state index is -1.29. The third kappa shape index (κ3) is 6.22. The molecule has 3 fully saturated rings. The second-order valence-corrected chi connectivity index (χ2v) is 12.4. The van der Waals surface area contributed by atoms with Crippen LogP contribution in [0, 0.1) is 0 Å². The van der Waals surface area contributed by atoms with Crippen molar-refractivity contribution in [2.45, 2.75) is 42.9 Å². The van der Waals surface area contributed by atoms with Crippen LogP contribution in [0.2, 0.25) is 0 Å². The molecule has 0 spiro atoms. The summed E-state index contributed by atoms with van der Waals surface area (Å²) in [7, 11) is 0. The van der Waals surface area contributed by atoms with Gasteiger partial charge in [0.25, 0.3) is 0 Å². The lowest BCUT2D eigenvalue weighted by atomic mass is 9.91. The Hall–Kier alpha value is -4.34.